The van der Waals surface area contributed by atoms with Crippen molar-refractivity contribution in [2.75, 3.05) is 13.2 Å². The van der Waals surface area contributed by atoms with Gasteiger partial charge in [0.05, 0.1) is 12.2 Å². The third-order valence-corrected chi connectivity index (χ3v) is 14.2. The van der Waals surface area contributed by atoms with E-state index in [1.54, 1.807) is 0 Å². The third-order valence-electron chi connectivity index (χ3n) is 14.2. The Morgan fingerprint density at radius 1 is 0.286 bits per heavy atom. The molecule has 63 heavy (non-hydrogen) atoms. The van der Waals surface area contributed by atoms with Gasteiger partial charge in [0.15, 0.2) is 12.6 Å². The summed E-state index contributed by atoms with van der Waals surface area (Å²) >= 11 is 0. The summed E-state index contributed by atoms with van der Waals surface area (Å²) in [6.07, 6.45) is 27.7. The van der Waals surface area contributed by atoms with Crippen LogP contribution in [0.25, 0.3) is 0 Å². The SMILES string of the molecule is CCCCCOC(CCCC(C)CC(C)CC(C)CC(C)CC(C)CC(C)CC(C)O)OC(CCCC(C)CC(C)CC(C)CC(C)CC(C)CC(C)CC(C)O)OCCCCC. The Morgan fingerprint density at radius 2 is 0.524 bits per heavy atom. The number of hydrogen-bond donors (Lipinski definition) is 2. The molecular formula is C58H118O5. The molecule has 0 aromatic carbocycles. The predicted molar refractivity (Wildman–Crippen MR) is 276 cm³/mol. The molecule has 5 heteroatoms. The van der Waals surface area contributed by atoms with E-state index in [9.17, 15) is 10.2 Å². The summed E-state index contributed by atoms with van der Waals surface area (Å²) in [7, 11) is 0. The molecule has 2 N–H and O–H groups in total. The van der Waals surface area contributed by atoms with Gasteiger partial charge in [-0.25, -0.2) is 0 Å². The highest BCUT2D eigenvalue weighted by molar-refractivity contribution is 4.72. The number of ether oxygens (including phenoxy) is 3. The first-order valence-corrected chi connectivity index (χ1v) is 28.0. The Bertz CT molecular complexity index is 910. The van der Waals surface area contributed by atoms with E-state index in [1.165, 1.54) is 103 Å². The minimum absolute atomic E-state index is 0.182. The zero-order valence-corrected chi connectivity index (χ0v) is 45.7. The highest BCUT2D eigenvalue weighted by atomic mass is 16.8. The second kappa shape index (κ2) is 38.7. The van der Waals surface area contributed by atoms with Gasteiger partial charge < -0.3 is 24.4 Å². The topological polar surface area (TPSA) is 68.2 Å². The van der Waals surface area contributed by atoms with E-state index in [1.807, 2.05) is 13.8 Å². The number of unbranched alkanes of at least 4 members (excludes halogenated alkanes) is 4. The average molecular weight is 896 g/mol. The fourth-order valence-corrected chi connectivity index (χ4v) is 12.2. The van der Waals surface area contributed by atoms with Gasteiger partial charge in [-0.3, -0.25) is 0 Å². The van der Waals surface area contributed by atoms with Gasteiger partial charge in [-0.2, -0.15) is 0 Å². The second-order valence-corrected chi connectivity index (χ2v) is 23.8. The Balaban J connectivity index is 5.02. The van der Waals surface area contributed by atoms with Crippen LogP contribution in [0.15, 0.2) is 0 Å². The van der Waals surface area contributed by atoms with Gasteiger partial charge in [0.25, 0.3) is 0 Å². The Labute approximate surface area is 396 Å². The van der Waals surface area contributed by atoms with Gasteiger partial charge in [0.1, 0.15) is 0 Å². The summed E-state index contributed by atoms with van der Waals surface area (Å²) < 4.78 is 19.8. The van der Waals surface area contributed by atoms with Crippen LogP contribution in [0.5, 0.6) is 0 Å². The lowest BCUT2D eigenvalue weighted by molar-refractivity contribution is -0.250. The van der Waals surface area contributed by atoms with Crippen LogP contribution in [0.4, 0.5) is 0 Å². The molecule has 5 nitrogen and oxygen atoms in total. The van der Waals surface area contributed by atoms with Crippen LogP contribution in [-0.4, -0.2) is 48.2 Å². The summed E-state index contributed by atoms with van der Waals surface area (Å²) in [6, 6.07) is 0. The molecule has 380 valence electrons. The first-order valence-electron chi connectivity index (χ1n) is 28.0. The number of rotatable bonds is 44. The zero-order chi connectivity index (χ0) is 47.7. The van der Waals surface area contributed by atoms with Crippen molar-refractivity contribution in [3.63, 3.8) is 0 Å². The Hall–Kier alpha value is -0.200. The molecule has 0 aliphatic carbocycles. The number of hydrogen-bond acceptors (Lipinski definition) is 5. The average Bonchev–Trinajstić information content (AvgIpc) is 3.13. The monoisotopic (exact) mass is 895 g/mol. The summed E-state index contributed by atoms with van der Waals surface area (Å²) in [5, 5.41) is 19.6. The second-order valence-electron chi connectivity index (χ2n) is 23.8. The summed E-state index contributed by atoms with van der Waals surface area (Å²) in [5.74, 6) is 8.65. The minimum atomic E-state index is -0.185. The van der Waals surface area contributed by atoms with Crippen molar-refractivity contribution in [2.24, 2.45) is 71.0 Å². The fraction of sp³-hybridized carbons (Fsp3) is 1.00. The van der Waals surface area contributed by atoms with E-state index in [0.717, 1.165) is 112 Å². The van der Waals surface area contributed by atoms with Gasteiger partial charge >= 0.3 is 0 Å². The van der Waals surface area contributed by atoms with Crippen LogP contribution in [0, 0.1) is 71.0 Å². The maximum absolute atomic E-state index is 9.78. The highest BCUT2D eigenvalue weighted by Gasteiger charge is 2.23. The Kier molecular flexibility index (Phi) is 38.6. The van der Waals surface area contributed by atoms with Crippen molar-refractivity contribution in [2.45, 2.75) is 290 Å². The molecule has 0 bridgehead atoms. The van der Waals surface area contributed by atoms with Gasteiger partial charge in [-0.1, -0.05) is 135 Å². The quantitative estimate of drug-likeness (QED) is 0.0471. The first kappa shape index (κ1) is 62.8. The van der Waals surface area contributed by atoms with E-state index in [4.69, 9.17) is 14.2 Å². The van der Waals surface area contributed by atoms with Crippen molar-refractivity contribution >= 4 is 0 Å². The van der Waals surface area contributed by atoms with Crippen molar-refractivity contribution in [1.82, 2.24) is 0 Å². The molecule has 0 aliphatic rings. The summed E-state index contributed by atoms with van der Waals surface area (Å²) in [6.45, 7) is 39.1. The molecule has 0 fully saturated rings. The van der Waals surface area contributed by atoms with Crippen LogP contribution in [0.3, 0.4) is 0 Å². The molecule has 0 aromatic heterocycles. The summed E-state index contributed by atoms with van der Waals surface area (Å²) in [4.78, 5) is 0. The molecule has 16 atom stereocenters. The van der Waals surface area contributed by atoms with Crippen molar-refractivity contribution in [3.8, 4) is 0 Å². The summed E-state index contributed by atoms with van der Waals surface area (Å²) in [5.41, 5.74) is 0. The molecule has 0 aromatic rings. The van der Waals surface area contributed by atoms with E-state index >= 15 is 0 Å². The van der Waals surface area contributed by atoms with Gasteiger partial charge in [-0.05, 0) is 200 Å². The lowest BCUT2D eigenvalue weighted by atomic mass is 9.81. The minimum Gasteiger partial charge on any atom is -0.393 e. The molecule has 0 saturated carbocycles. The van der Waals surface area contributed by atoms with E-state index in [2.05, 4.69) is 96.9 Å². The standard InChI is InChI=1S/C58H118O5/c1-17-19-21-29-61-57(27-23-25-43(3)31-45(5)33-47(7)35-49(9)37-51(11)39-53(13)41-55(15)59)63-58(62-30-22-20-18-2)28-24-26-44(4)32-46(6)34-48(8)36-50(10)38-52(12)40-54(14)42-56(16)60/h43-60H,17-42H2,1-16H3. The van der Waals surface area contributed by atoms with Gasteiger partial charge in [0, 0.05) is 13.2 Å². The van der Waals surface area contributed by atoms with E-state index < -0.39 is 0 Å². The van der Waals surface area contributed by atoms with Gasteiger partial charge in [-0.15, -0.1) is 0 Å². The van der Waals surface area contributed by atoms with Crippen LogP contribution in [-0.2, 0) is 14.2 Å². The van der Waals surface area contributed by atoms with Crippen LogP contribution in [0.2, 0.25) is 0 Å². The molecular weight excluding hydrogens is 777 g/mol. The van der Waals surface area contributed by atoms with Crippen molar-refractivity contribution in [1.29, 1.82) is 0 Å². The van der Waals surface area contributed by atoms with Gasteiger partial charge in [0.2, 0.25) is 0 Å². The number of aliphatic hydroxyl groups is 2. The lowest BCUT2D eigenvalue weighted by Gasteiger charge is -2.27. The molecule has 0 aliphatic heterocycles. The smallest absolute Gasteiger partial charge is 0.160 e. The van der Waals surface area contributed by atoms with Crippen molar-refractivity contribution in [3.05, 3.63) is 0 Å². The van der Waals surface area contributed by atoms with Crippen molar-refractivity contribution < 1.29 is 24.4 Å². The normalized spacial score (nSPS) is 20.1. The van der Waals surface area contributed by atoms with Crippen LogP contribution in [0.1, 0.15) is 265 Å². The molecule has 0 heterocycles. The molecule has 16 unspecified atom stereocenters. The largest absolute Gasteiger partial charge is 0.393 e. The fourth-order valence-electron chi connectivity index (χ4n) is 12.2. The zero-order valence-electron chi connectivity index (χ0n) is 45.7. The molecule has 0 saturated heterocycles. The molecule has 0 rings (SSSR count). The number of aliphatic hydroxyl groups excluding tert-OH is 2. The van der Waals surface area contributed by atoms with E-state index in [-0.39, 0.29) is 24.8 Å². The molecule has 0 spiro atoms. The van der Waals surface area contributed by atoms with Crippen LogP contribution >= 0.6 is 0 Å². The Morgan fingerprint density at radius 3 is 0.762 bits per heavy atom. The maximum atomic E-state index is 9.78. The predicted octanol–water partition coefficient (Wildman–Crippen LogP) is 17.5. The lowest BCUT2D eigenvalue weighted by Crippen LogP contribution is -2.28. The molecule has 0 radical (unpaired) electrons. The highest BCUT2D eigenvalue weighted by Crippen LogP contribution is 2.32. The van der Waals surface area contributed by atoms with Crippen LogP contribution < -0.4 is 0 Å². The maximum Gasteiger partial charge on any atom is 0.160 e. The third kappa shape index (κ3) is 38.5. The van der Waals surface area contributed by atoms with E-state index in [0.29, 0.717) is 23.7 Å². The molecule has 0 amide bonds. The first-order chi connectivity index (χ1) is 29.7.